The van der Waals surface area contributed by atoms with Gasteiger partial charge >= 0.3 is 0 Å². The Morgan fingerprint density at radius 3 is 2.59 bits per heavy atom. The van der Waals surface area contributed by atoms with Crippen molar-refractivity contribution in [1.29, 1.82) is 0 Å². The van der Waals surface area contributed by atoms with Crippen molar-refractivity contribution in [2.75, 3.05) is 41.9 Å². The molecule has 2 fully saturated rings. The maximum absolute atomic E-state index is 12.8. The summed E-state index contributed by atoms with van der Waals surface area (Å²) in [5.41, 5.74) is 1.17. The Morgan fingerprint density at radius 2 is 1.94 bits per heavy atom. The number of carbonyl (C=O) groups excluding carboxylic acids is 2. The SMILES string of the molecule is COc1ccc(Cl)cc1N1CC(C(=O)Nc2ccc(N3CC(C)OC(C)C3)nc2)CC1=O. The van der Waals surface area contributed by atoms with Gasteiger partial charge in [-0.2, -0.15) is 0 Å². The number of nitrogens with zero attached hydrogens (tertiary/aromatic N) is 3. The Labute approximate surface area is 192 Å². The summed E-state index contributed by atoms with van der Waals surface area (Å²) in [5, 5.41) is 3.38. The topological polar surface area (TPSA) is 84.0 Å². The molecular weight excluding hydrogens is 432 g/mol. The van der Waals surface area contributed by atoms with Crippen LogP contribution >= 0.6 is 11.6 Å². The molecule has 1 aromatic carbocycles. The van der Waals surface area contributed by atoms with Crippen LogP contribution in [-0.4, -0.2) is 55.8 Å². The van der Waals surface area contributed by atoms with Gasteiger partial charge in [-0.3, -0.25) is 9.59 Å². The van der Waals surface area contributed by atoms with Crippen LogP contribution in [0.2, 0.25) is 5.02 Å². The molecule has 9 heteroatoms. The molecule has 2 saturated heterocycles. The van der Waals surface area contributed by atoms with Crippen LogP contribution in [0.5, 0.6) is 5.75 Å². The number of methoxy groups -OCH3 is 1. The minimum atomic E-state index is -0.480. The van der Waals surface area contributed by atoms with Crippen LogP contribution in [0.15, 0.2) is 36.5 Å². The fourth-order valence-electron chi connectivity index (χ4n) is 4.25. The van der Waals surface area contributed by atoms with E-state index in [4.69, 9.17) is 21.1 Å². The molecule has 0 saturated carbocycles. The highest BCUT2D eigenvalue weighted by Gasteiger charge is 2.36. The number of aromatic nitrogens is 1. The average Bonchev–Trinajstić information content (AvgIpc) is 3.15. The minimum Gasteiger partial charge on any atom is -0.495 e. The molecular formula is C23H27ClN4O4. The number of carbonyl (C=O) groups is 2. The Morgan fingerprint density at radius 1 is 1.19 bits per heavy atom. The van der Waals surface area contributed by atoms with Gasteiger partial charge in [-0.05, 0) is 44.2 Å². The number of morpholine rings is 1. The third kappa shape index (κ3) is 4.81. The van der Waals surface area contributed by atoms with Crippen molar-refractivity contribution in [3.8, 4) is 5.75 Å². The third-order valence-corrected chi connectivity index (χ3v) is 5.92. The van der Waals surface area contributed by atoms with E-state index in [0.29, 0.717) is 22.1 Å². The first-order valence-corrected chi connectivity index (χ1v) is 11.0. The van der Waals surface area contributed by atoms with Gasteiger partial charge in [0, 0.05) is 31.1 Å². The summed E-state index contributed by atoms with van der Waals surface area (Å²) in [5.74, 6) is 0.544. The van der Waals surface area contributed by atoms with Crippen LogP contribution in [0, 0.1) is 5.92 Å². The molecule has 1 N–H and O–H groups in total. The van der Waals surface area contributed by atoms with Gasteiger partial charge in [0.1, 0.15) is 11.6 Å². The highest BCUT2D eigenvalue weighted by molar-refractivity contribution is 6.31. The molecule has 0 spiro atoms. The van der Waals surface area contributed by atoms with Crippen molar-refractivity contribution in [2.24, 2.45) is 5.92 Å². The summed E-state index contributed by atoms with van der Waals surface area (Å²) in [4.78, 5) is 33.7. The Balaban J connectivity index is 1.40. The number of anilines is 3. The van der Waals surface area contributed by atoms with Crippen LogP contribution in [0.3, 0.4) is 0 Å². The molecule has 170 valence electrons. The molecule has 3 atom stereocenters. The van der Waals surface area contributed by atoms with Crippen LogP contribution in [0.1, 0.15) is 20.3 Å². The van der Waals surface area contributed by atoms with E-state index in [0.717, 1.165) is 18.9 Å². The zero-order chi connectivity index (χ0) is 22.8. The number of ether oxygens (including phenoxy) is 2. The normalized spacial score (nSPS) is 23.4. The lowest BCUT2D eigenvalue weighted by Crippen LogP contribution is -2.45. The number of amides is 2. The first-order chi connectivity index (χ1) is 15.3. The molecule has 4 rings (SSSR count). The summed E-state index contributed by atoms with van der Waals surface area (Å²) in [6.45, 7) is 5.90. The third-order valence-electron chi connectivity index (χ3n) is 5.69. The maximum atomic E-state index is 12.8. The smallest absolute Gasteiger partial charge is 0.229 e. The second kappa shape index (κ2) is 9.34. The molecule has 0 aliphatic carbocycles. The van der Waals surface area contributed by atoms with Crippen LogP contribution in [-0.2, 0) is 14.3 Å². The number of hydrogen-bond donors (Lipinski definition) is 1. The quantitative estimate of drug-likeness (QED) is 0.739. The van der Waals surface area contributed by atoms with Crippen molar-refractivity contribution in [1.82, 2.24) is 4.98 Å². The van der Waals surface area contributed by atoms with Gasteiger partial charge in [0.05, 0.1) is 42.8 Å². The van der Waals surface area contributed by atoms with Gasteiger partial charge < -0.3 is 24.6 Å². The van der Waals surface area contributed by atoms with Gasteiger partial charge in [0.2, 0.25) is 11.8 Å². The van der Waals surface area contributed by atoms with Gasteiger partial charge in [-0.15, -0.1) is 0 Å². The predicted octanol–water partition coefficient (Wildman–Crippen LogP) is 3.35. The minimum absolute atomic E-state index is 0.122. The summed E-state index contributed by atoms with van der Waals surface area (Å²) in [6.07, 6.45) is 2.05. The van der Waals surface area contributed by atoms with Gasteiger partial charge in [0.25, 0.3) is 0 Å². The highest BCUT2D eigenvalue weighted by Crippen LogP contribution is 2.35. The first kappa shape index (κ1) is 22.4. The van der Waals surface area contributed by atoms with E-state index < -0.39 is 5.92 Å². The van der Waals surface area contributed by atoms with E-state index in [1.165, 1.54) is 7.11 Å². The molecule has 2 aliphatic rings. The Bertz CT molecular complexity index is 990. The second-order valence-electron chi connectivity index (χ2n) is 8.28. The van der Waals surface area contributed by atoms with Crippen molar-refractivity contribution in [2.45, 2.75) is 32.5 Å². The standard InChI is InChI=1S/C23H27ClN4O4/c1-14-11-27(12-15(2)32-14)21-7-5-18(10-25-21)26-23(30)16-8-22(29)28(13-16)19-9-17(24)4-6-20(19)31-3/h4-7,9-10,14-16H,8,11-13H2,1-3H3,(H,26,30). The van der Waals surface area contributed by atoms with Gasteiger partial charge in [-0.25, -0.2) is 4.98 Å². The fourth-order valence-corrected chi connectivity index (χ4v) is 4.41. The number of benzene rings is 1. The molecule has 2 aliphatic heterocycles. The maximum Gasteiger partial charge on any atom is 0.229 e. The molecule has 1 aromatic heterocycles. The van der Waals surface area contributed by atoms with Crippen molar-refractivity contribution in [3.05, 3.63) is 41.6 Å². The van der Waals surface area contributed by atoms with E-state index in [-0.39, 0.29) is 37.0 Å². The van der Waals surface area contributed by atoms with Crippen molar-refractivity contribution < 1.29 is 19.1 Å². The van der Waals surface area contributed by atoms with Gasteiger partial charge in [-0.1, -0.05) is 11.6 Å². The molecule has 2 aromatic rings. The lowest BCUT2D eigenvalue weighted by Gasteiger charge is -2.36. The monoisotopic (exact) mass is 458 g/mol. The molecule has 32 heavy (non-hydrogen) atoms. The van der Waals surface area contributed by atoms with Crippen LogP contribution < -0.4 is 19.9 Å². The zero-order valence-corrected chi connectivity index (χ0v) is 19.1. The molecule has 8 nitrogen and oxygen atoms in total. The predicted molar refractivity (Wildman–Crippen MR) is 124 cm³/mol. The summed E-state index contributed by atoms with van der Waals surface area (Å²) in [6, 6.07) is 8.81. The lowest BCUT2D eigenvalue weighted by atomic mass is 10.1. The molecule has 2 amide bonds. The summed E-state index contributed by atoms with van der Waals surface area (Å²) < 4.78 is 11.1. The number of hydrogen-bond acceptors (Lipinski definition) is 6. The van der Waals surface area contributed by atoms with Crippen LogP contribution in [0.25, 0.3) is 0 Å². The Hall–Kier alpha value is -2.84. The van der Waals surface area contributed by atoms with E-state index in [2.05, 4.69) is 15.2 Å². The van der Waals surface area contributed by atoms with Crippen molar-refractivity contribution in [3.63, 3.8) is 0 Å². The number of rotatable bonds is 5. The fraction of sp³-hybridized carbons (Fsp3) is 0.435. The van der Waals surface area contributed by atoms with Crippen molar-refractivity contribution >= 4 is 40.6 Å². The highest BCUT2D eigenvalue weighted by atomic mass is 35.5. The van der Waals surface area contributed by atoms with Gasteiger partial charge in [0.15, 0.2) is 0 Å². The molecule has 3 heterocycles. The largest absolute Gasteiger partial charge is 0.495 e. The average molecular weight is 459 g/mol. The molecule has 3 unspecified atom stereocenters. The summed E-state index contributed by atoms with van der Waals surface area (Å²) >= 11 is 6.10. The zero-order valence-electron chi connectivity index (χ0n) is 18.4. The Kier molecular flexibility index (Phi) is 6.53. The molecule has 0 bridgehead atoms. The van der Waals surface area contributed by atoms with E-state index in [9.17, 15) is 9.59 Å². The van der Waals surface area contributed by atoms with Crippen LogP contribution in [0.4, 0.5) is 17.2 Å². The number of pyridine rings is 1. The van der Waals surface area contributed by atoms with E-state index in [1.54, 1.807) is 29.3 Å². The van der Waals surface area contributed by atoms with E-state index in [1.807, 2.05) is 26.0 Å². The number of halogens is 1. The number of nitrogens with one attached hydrogen (secondary N) is 1. The summed E-state index contributed by atoms with van der Waals surface area (Å²) in [7, 11) is 1.53. The first-order valence-electron chi connectivity index (χ1n) is 10.6. The van der Waals surface area contributed by atoms with E-state index >= 15 is 0 Å². The molecule has 0 radical (unpaired) electrons. The lowest BCUT2D eigenvalue weighted by molar-refractivity contribution is -0.122. The second-order valence-corrected chi connectivity index (χ2v) is 8.71.